The van der Waals surface area contributed by atoms with Crippen LogP contribution in [-0.4, -0.2) is 16.9 Å². The summed E-state index contributed by atoms with van der Waals surface area (Å²) in [6, 6.07) is 3.59. The van der Waals surface area contributed by atoms with Crippen LogP contribution in [0.5, 0.6) is 0 Å². The summed E-state index contributed by atoms with van der Waals surface area (Å²) < 4.78 is 0. The average Bonchev–Trinajstić information content (AvgIpc) is 3.04. The second kappa shape index (κ2) is 4.22. The smallest absolute Gasteiger partial charge is 0.294 e. The lowest BCUT2D eigenvalue weighted by Crippen LogP contribution is -2.19. The maximum Gasteiger partial charge on any atom is 0.294 e. The summed E-state index contributed by atoms with van der Waals surface area (Å²) >= 11 is 0. The first-order valence-corrected chi connectivity index (χ1v) is 6.42. The SMILES string of the molecule is CC1CC1Nc1cc2c(cc1[N+](=O)[O-])NC(=O)CC2. The van der Waals surface area contributed by atoms with Crippen LogP contribution in [0.15, 0.2) is 12.1 Å². The molecule has 3 rings (SSSR count). The molecule has 1 heterocycles. The molecule has 2 atom stereocenters. The Balaban J connectivity index is 1.97. The minimum absolute atomic E-state index is 0.0278. The Labute approximate surface area is 110 Å². The Morgan fingerprint density at radius 2 is 2.16 bits per heavy atom. The summed E-state index contributed by atoms with van der Waals surface area (Å²) in [5.41, 5.74) is 2.12. The van der Waals surface area contributed by atoms with Gasteiger partial charge in [-0.1, -0.05) is 6.92 Å². The van der Waals surface area contributed by atoms with Gasteiger partial charge in [0.25, 0.3) is 5.69 Å². The number of carbonyl (C=O) groups excluding carboxylic acids is 1. The van der Waals surface area contributed by atoms with Gasteiger partial charge in [0.1, 0.15) is 5.69 Å². The van der Waals surface area contributed by atoms with Crippen LogP contribution in [0.2, 0.25) is 0 Å². The topological polar surface area (TPSA) is 84.3 Å². The van der Waals surface area contributed by atoms with Crippen molar-refractivity contribution < 1.29 is 9.72 Å². The molecule has 0 bridgehead atoms. The molecular formula is C13H15N3O3. The highest BCUT2D eigenvalue weighted by molar-refractivity contribution is 5.95. The molecule has 0 aromatic heterocycles. The van der Waals surface area contributed by atoms with Gasteiger partial charge >= 0.3 is 0 Å². The van der Waals surface area contributed by atoms with E-state index in [-0.39, 0.29) is 11.6 Å². The van der Waals surface area contributed by atoms with Gasteiger partial charge in [-0.15, -0.1) is 0 Å². The lowest BCUT2D eigenvalue weighted by Gasteiger charge is -2.18. The summed E-state index contributed by atoms with van der Waals surface area (Å²) in [6.45, 7) is 2.11. The third-order valence-electron chi connectivity index (χ3n) is 3.76. The predicted octanol–water partition coefficient (Wildman–Crippen LogP) is 2.30. The molecule has 2 N–H and O–H groups in total. The summed E-state index contributed by atoms with van der Waals surface area (Å²) in [5, 5.41) is 17.0. The van der Waals surface area contributed by atoms with Crippen LogP contribution in [0.25, 0.3) is 0 Å². The number of aryl methyl sites for hydroxylation is 1. The van der Waals surface area contributed by atoms with E-state index in [4.69, 9.17) is 0 Å². The number of nitro groups is 1. The molecule has 1 saturated carbocycles. The van der Waals surface area contributed by atoms with E-state index in [9.17, 15) is 14.9 Å². The molecule has 0 spiro atoms. The molecule has 1 aromatic carbocycles. The predicted molar refractivity (Wildman–Crippen MR) is 71.2 cm³/mol. The molecule has 1 aliphatic carbocycles. The first-order valence-electron chi connectivity index (χ1n) is 6.42. The summed E-state index contributed by atoms with van der Waals surface area (Å²) in [6.07, 6.45) is 2.11. The first-order chi connectivity index (χ1) is 9.04. The molecule has 6 heteroatoms. The molecule has 0 radical (unpaired) electrons. The fraction of sp³-hybridized carbons (Fsp3) is 0.462. The van der Waals surface area contributed by atoms with Crippen molar-refractivity contribution in [2.24, 2.45) is 5.92 Å². The highest BCUT2D eigenvalue weighted by Gasteiger charge is 2.34. The lowest BCUT2D eigenvalue weighted by atomic mass is 10.0. The van der Waals surface area contributed by atoms with Gasteiger partial charge in [-0.2, -0.15) is 0 Å². The molecule has 19 heavy (non-hydrogen) atoms. The highest BCUT2D eigenvalue weighted by atomic mass is 16.6. The number of hydrogen-bond acceptors (Lipinski definition) is 4. The van der Waals surface area contributed by atoms with E-state index in [2.05, 4.69) is 17.6 Å². The second-order valence-corrected chi connectivity index (χ2v) is 5.30. The van der Waals surface area contributed by atoms with Crippen molar-refractivity contribution in [2.75, 3.05) is 10.6 Å². The molecule has 0 saturated heterocycles. The Morgan fingerprint density at radius 1 is 1.42 bits per heavy atom. The van der Waals surface area contributed by atoms with Crippen molar-refractivity contribution in [1.82, 2.24) is 0 Å². The Bertz CT molecular complexity index is 570. The van der Waals surface area contributed by atoms with Gasteiger partial charge in [0.05, 0.1) is 10.6 Å². The minimum atomic E-state index is -0.406. The van der Waals surface area contributed by atoms with Gasteiger partial charge in [0.15, 0.2) is 0 Å². The zero-order chi connectivity index (χ0) is 13.6. The zero-order valence-corrected chi connectivity index (χ0v) is 10.6. The number of benzene rings is 1. The van der Waals surface area contributed by atoms with Crippen molar-refractivity contribution >= 4 is 23.0 Å². The lowest BCUT2D eigenvalue weighted by molar-refractivity contribution is -0.383. The van der Waals surface area contributed by atoms with E-state index in [0.717, 1.165) is 12.0 Å². The molecule has 2 unspecified atom stereocenters. The van der Waals surface area contributed by atoms with Crippen LogP contribution in [0.3, 0.4) is 0 Å². The van der Waals surface area contributed by atoms with Crippen LogP contribution in [0.1, 0.15) is 25.3 Å². The number of rotatable bonds is 3. The Kier molecular flexibility index (Phi) is 2.66. The van der Waals surface area contributed by atoms with E-state index in [0.29, 0.717) is 36.2 Å². The quantitative estimate of drug-likeness (QED) is 0.646. The minimum Gasteiger partial charge on any atom is -0.376 e. The monoisotopic (exact) mass is 261 g/mol. The van der Waals surface area contributed by atoms with Gasteiger partial charge in [-0.3, -0.25) is 14.9 Å². The van der Waals surface area contributed by atoms with Crippen LogP contribution in [0.4, 0.5) is 17.1 Å². The van der Waals surface area contributed by atoms with Gasteiger partial charge in [0.2, 0.25) is 5.91 Å². The largest absolute Gasteiger partial charge is 0.376 e. The number of nitrogens with one attached hydrogen (secondary N) is 2. The fourth-order valence-electron chi connectivity index (χ4n) is 2.41. The van der Waals surface area contributed by atoms with Crippen molar-refractivity contribution in [3.05, 3.63) is 27.8 Å². The number of nitro benzene ring substituents is 1. The number of anilines is 2. The number of amides is 1. The van der Waals surface area contributed by atoms with E-state index < -0.39 is 4.92 Å². The van der Waals surface area contributed by atoms with Crippen LogP contribution >= 0.6 is 0 Å². The van der Waals surface area contributed by atoms with E-state index >= 15 is 0 Å². The van der Waals surface area contributed by atoms with E-state index in [1.54, 1.807) is 6.07 Å². The van der Waals surface area contributed by atoms with E-state index in [1.807, 2.05) is 0 Å². The summed E-state index contributed by atoms with van der Waals surface area (Å²) in [5.74, 6) is 0.480. The Morgan fingerprint density at radius 3 is 2.79 bits per heavy atom. The summed E-state index contributed by atoms with van der Waals surface area (Å²) in [4.78, 5) is 22.0. The molecule has 100 valence electrons. The standard InChI is InChI=1S/C13H15N3O3/c1-7-4-9(7)14-11-5-8-2-3-13(17)15-10(8)6-12(11)16(18)19/h5-7,9,14H,2-4H2,1H3,(H,15,17). The normalized spacial score (nSPS) is 24.4. The van der Waals surface area contributed by atoms with Crippen molar-refractivity contribution in [1.29, 1.82) is 0 Å². The van der Waals surface area contributed by atoms with E-state index in [1.165, 1.54) is 6.07 Å². The molecule has 6 nitrogen and oxygen atoms in total. The maximum absolute atomic E-state index is 11.3. The fourth-order valence-corrected chi connectivity index (χ4v) is 2.41. The maximum atomic E-state index is 11.3. The first kappa shape index (κ1) is 12.0. The third kappa shape index (κ3) is 2.25. The highest BCUT2D eigenvalue weighted by Crippen LogP contribution is 2.39. The Hall–Kier alpha value is -2.11. The average molecular weight is 261 g/mol. The second-order valence-electron chi connectivity index (χ2n) is 5.30. The van der Waals surface area contributed by atoms with Crippen LogP contribution in [-0.2, 0) is 11.2 Å². The van der Waals surface area contributed by atoms with Crippen molar-refractivity contribution in [2.45, 2.75) is 32.2 Å². The molecule has 1 fully saturated rings. The molecule has 1 aliphatic heterocycles. The van der Waals surface area contributed by atoms with Crippen molar-refractivity contribution in [3.8, 4) is 0 Å². The van der Waals surface area contributed by atoms with Gasteiger partial charge in [-0.05, 0) is 30.4 Å². The molecule has 1 aromatic rings. The van der Waals surface area contributed by atoms with Crippen LogP contribution < -0.4 is 10.6 Å². The third-order valence-corrected chi connectivity index (χ3v) is 3.76. The van der Waals surface area contributed by atoms with Gasteiger partial charge in [0, 0.05) is 18.5 Å². The number of hydrogen-bond donors (Lipinski definition) is 2. The summed E-state index contributed by atoms with van der Waals surface area (Å²) in [7, 11) is 0. The van der Waals surface area contributed by atoms with Gasteiger partial charge < -0.3 is 10.6 Å². The zero-order valence-electron chi connectivity index (χ0n) is 10.6. The number of nitrogens with zero attached hydrogens (tertiary/aromatic N) is 1. The molecular weight excluding hydrogens is 246 g/mol. The molecule has 1 amide bonds. The number of carbonyl (C=O) groups is 1. The van der Waals surface area contributed by atoms with Gasteiger partial charge in [-0.25, -0.2) is 0 Å². The molecule has 2 aliphatic rings. The van der Waals surface area contributed by atoms with Crippen molar-refractivity contribution in [3.63, 3.8) is 0 Å². The van der Waals surface area contributed by atoms with Crippen LogP contribution in [0, 0.1) is 16.0 Å². The number of fused-ring (bicyclic) bond motifs is 1.